The molecule has 0 saturated carbocycles. The van der Waals surface area contributed by atoms with Gasteiger partial charge in [-0.05, 0) is 18.6 Å². The molecule has 1 aromatic carbocycles. The van der Waals surface area contributed by atoms with E-state index in [0.717, 1.165) is 6.07 Å². The van der Waals surface area contributed by atoms with Crippen molar-refractivity contribution in [1.29, 1.82) is 0 Å². The number of benzene rings is 1. The number of hydrogen-bond donors (Lipinski definition) is 1. The van der Waals surface area contributed by atoms with Crippen LogP contribution in [0.2, 0.25) is 5.02 Å². The van der Waals surface area contributed by atoms with E-state index >= 15 is 0 Å². The van der Waals surface area contributed by atoms with E-state index in [1.54, 1.807) is 0 Å². The van der Waals surface area contributed by atoms with Gasteiger partial charge >= 0.3 is 11.8 Å². The molecule has 1 heterocycles. The Bertz CT molecular complexity index is 692. The Morgan fingerprint density at radius 2 is 1.89 bits per heavy atom. The van der Waals surface area contributed by atoms with Crippen LogP contribution in [0.3, 0.4) is 0 Å². The van der Waals surface area contributed by atoms with Crippen LogP contribution in [-0.2, 0) is 6.18 Å². The lowest BCUT2D eigenvalue weighted by Crippen LogP contribution is -2.07. The topological polar surface area (TPSA) is 50.4 Å². The summed E-state index contributed by atoms with van der Waals surface area (Å²) in [6, 6.07) is 1.75. The number of aryl methyl sites for hydroxylation is 1. The van der Waals surface area contributed by atoms with Crippen molar-refractivity contribution in [2.24, 2.45) is 0 Å². The van der Waals surface area contributed by atoms with Crippen molar-refractivity contribution in [3.05, 3.63) is 38.7 Å². The van der Waals surface area contributed by atoms with Crippen molar-refractivity contribution < 1.29 is 22.7 Å². The van der Waals surface area contributed by atoms with E-state index in [4.69, 9.17) is 16.0 Å². The van der Waals surface area contributed by atoms with Gasteiger partial charge in [-0.15, -0.1) is 12.4 Å². The molecule has 19 heavy (non-hydrogen) atoms. The van der Waals surface area contributed by atoms with Crippen molar-refractivity contribution in [2.75, 3.05) is 0 Å². The lowest BCUT2D eigenvalue weighted by Gasteiger charge is -2.12. The van der Waals surface area contributed by atoms with Crippen LogP contribution >= 0.6 is 24.0 Å². The van der Waals surface area contributed by atoms with Gasteiger partial charge in [-0.1, -0.05) is 11.6 Å². The molecule has 0 spiro atoms. The third kappa shape index (κ3) is 2.64. The maximum Gasteiger partial charge on any atom is 0.420 e. The zero-order valence-electron chi connectivity index (χ0n) is 9.34. The SMILES string of the molecule is Cc1cc(=O)oc2c(Cl)c(O)c(C(F)(F)F)cc12.Cl. The van der Waals surface area contributed by atoms with Gasteiger partial charge < -0.3 is 9.52 Å². The lowest BCUT2D eigenvalue weighted by molar-refractivity contribution is -0.138. The molecule has 2 aromatic rings. The number of alkyl halides is 3. The van der Waals surface area contributed by atoms with Crippen LogP contribution < -0.4 is 5.63 Å². The summed E-state index contributed by atoms with van der Waals surface area (Å²) in [7, 11) is 0. The second-order valence-electron chi connectivity index (χ2n) is 3.71. The number of aromatic hydroxyl groups is 1. The average molecular weight is 315 g/mol. The molecular weight excluding hydrogens is 308 g/mol. The Morgan fingerprint density at radius 3 is 2.42 bits per heavy atom. The van der Waals surface area contributed by atoms with Crippen LogP contribution in [0.5, 0.6) is 5.75 Å². The van der Waals surface area contributed by atoms with Gasteiger partial charge in [0.2, 0.25) is 0 Å². The first kappa shape index (κ1) is 15.7. The van der Waals surface area contributed by atoms with Crippen LogP contribution in [0.4, 0.5) is 13.2 Å². The maximum absolute atomic E-state index is 12.7. The summed E-state index contributed by atoms with van der Waals surface area (Å²) in [4.78, 5) is 11.1. The molecule has 0 aliphatic heterocycles. The highest BCUT2D eigenvalue weighted by Crippen LogP contribution is 2.43. The molecule has 0 saturated heterocycles. The largest absolute Gasteiger partial charge is 0.506 e. The molecule has 0 unspecified atom stereocenters. The predicted molar refractivity (Wildman–Crippen MR) is 66.1 cm³/mol. The fourth-order valence-corrected chi connectivity index (χ4v) is 1.86. The van der Waals surface area contributed by atoms with E-state index in [0.29, 0.717) is 6.07 Å². The maximum atomic E-state index is 12.7. The monoisotopic (exact) mass is 314 g/mol. The molecule has 1 aromatic heterocycles. The summed E-state index contributed by atoms with van der Waals surface area (Å²) in [5, 5.41) is 8.81. The van der Waals surface area contributed by atoms with Crippen LogP contribution in [0.1, 0.15) is 11.1 Å². The van der Waals surface area contributed by atoms with E-state index in [2.05, 4.69) is 0 Å². The van der Waals surface area contributed by atoms with Gasteiger partial charge in [0, 0.05) is 11.5 Å². The minimum atomic E-state index is -4.75. The first-order valence-corrected chi connectivity index (χ1v) is 5.12. The van der Waals surface area contributed by atoms with Crippen molar-refractivity contribution >= 4 is 35.0 Å². The zero-order valence-corrected chi connectivity index (χ0v) is 10.9. The molecule has 0 radical (unpaired) electrons. The minimum Gasteiger partial charge on any atom is -0.506 e. The highest BCUT2D eigenvalue weighted by molar-refractivity contribution is 6.36. The zero-order chi connectivity index (χ0) is 13.7. The highest BCUT2D eigenvalue weighted by Gasteiger charge is 2.36. The van der Waals surface area contributed by atoms with E-state index < -0.39 is 28.1 Å². The third-order valence-electron chi connectivity index (χ3n) is 2.46. The Morgan fingerprint density at radius 1 is 1.32 bits per heavy atom. The van der Waals surface area contributed by atoms with Crippen molar-refractivity contribution in [2.45, 2.75) is 13.1 Å². The van der Waals surface area contributed by atoms with Crippen molar-refractivity contribution in [1.82, 2.24) is 0 Å². The molecule has 8 heteroatoms. The van der Waals surface area contributed by atoms with Gasteiger partial charge in [0.15, 0.2) is 5.58 Å². The number of halogens is 5. The summed E-state index contributed by atoms with van der Waals surface area (Å²) in [6.45, 7) is 1.45. The Hall–Kier alpha value is -1.40. The van der Waals surface area contributed by atoms with Crippen LogP contribution in [-0.4, -0.2) is 5.11 Å². The fraction of sp³-hybridized carbons (Fsp3) is 0.182. The van der Waals surface area contributed by atoms with Gasteiger partial charge in [-0.25, -0.2) is 4.79 Å². The summed E-state index contributed by atoms with van der Waals surface area (Å²) in [5.41, 5.74) is -1.99. The molecule has 0 fully saturated rings. The summed E-state index contributed by atoms with van der Waals surface area (Å²) in [5.74, 6) is -1.15. The number of rotatable bonds is 0. The second kappa shape index (κ2) is 4.94. The van der Waals surface area contributed by atoms with Crippen LogP contribution in [0.15, 0.2) is 21.3 Å². The van der Waals surface area contributed by atoms with Gasteiger partial charge in [0.1, 0.15) is 10.8 Å². The smallest absolute Gasteiger partial charge is 0.420 e. The highest BCUT2D eigenvalue weighted by atomic mass is 35.5. The quantitative estimate of drug-likeness (QED) is 0.750. The summed E-state index contributed by atoms with van der Waals surface area (Å²) >= 11 is 5.60. The van der Waals surface area contributed by atoms with Crippen molar-refractivity contribution in [3.8, 4) is 5.75 Å². The molecule has 0 aliphatic rings. The molecule has 1 N–H and O–H groups in total. The van der Waals surface area contributed by atoms with Crippen LogP contribution in [0, 0.1) is 6.92 Å². The first-order chi connectivity index (χ1) is 8.21. The molecular formula is C11H7Cl2F3O3. The molecule has 0 aliphatic carbocycles. The third-order valence-corrected chi connectivity index (χ3v) is 2.81. The van der Waals surface area contributed by atoms with E-state index in [-0.39, 0.29) is 28.9 Å². The Kier molecular flexibility index (Phi) is 4.07. The van der Waals surface area contributed by atoms with E-state index in [1.165, 1.54) is 6.92 Å². The molecule has 104 valence electrons. The van der Waals surface area contributed by atoms with Crippen LogP contribution in [0.25, 0.3) is 11.0 Å². The normalized spacial score (nSPS) is 11.4. The molecule has 0 atom stereocenters. The van der Waals surface area contributed by atoms with Gasteiger partial charge in [-0.3, -0.25) is 0 Å². The molecule has 0 amide bonds. The lowest BCUT2D eigenvalue weighted by atomic mass is 10.1. The van der Waals surface area contributed by atoms with E-state index in [9.17, 15) is 23.1 Å². The summed E-state index contributed by atoms with van der Waals surface area (Å²) in [6.07, 6.45) is -4.75. The first-order valence-electron chi connectivity index (χ1n) is 4.75. The number of phenols is 1. The standard InChI is InChI=1S/C11H6ClF3O3.ClH/c1-4-2-7(16)18-10-5(4)3-6(11(13,14)15)9(17)8(10)12;/h2-3,17H,1H3;1H. The van der Waals surface area contributed by atoms with E-state index in [1.807, 2.05) is 0 Å². The van der Waals surface area contributed by atoms with Gasteiger partial charge in [0.05, 0.1) is 5.56 Å². The number of phenolic OH excluding ortho intramolecular Hbond substituents is 1. The molecule has 3 nitrogen and oxygen atoms in total. The average Bonchev–Trinajstić information content (AvgIpc) is 2.22. The summed E-state index contributed by atoms with van der Waals surface area (Å²) < 4.78 is 42.7. The van der Waals surface area contributed by atoms with Gasteiger partial charge in [-0.2, -0.15) is 13.2 Å². The Labute approximate surface area is 116 Å². The van der Waals surface area contributed by atoms with Crippen molar-refractivity contribution in [3.63, 3.8) is 0 Å². The Balaban J connectivity index is 0.00000180. The predicted octanol–water partition coefficient (Wildman–Crippen LogP) is 3.90. The van der Waals surface area contributed by atoms with Gasteiger partial charge in [0.25, 0.3) is 0 Å². The molecule has 0 bridgehead atoms. The minimum absolute atomic E-state index is 0. The molecule has 2 rings (SSSR count). The second-order valence-corrected chi connectivity index (χ2v) is 4.09. The number of fused-ring (bicyclic) bond motifs is 1. The fourth-order valence-electron chi connectivity index (χ4n) is 1.62. The number of hydrogen-bond acceptors (Lipinski definition) is 3.